The van der Waals surface area contributed by atoms with E-state index in [4.69, 9.17) is 5.26 Å². The molecule has 0 bridgehead atoms. The maximum absolute atomic E-state index is 12.3. The van der Waals surface area contributed by atoms with Crippen molar-refractivity contribution < 1.29 is 22.7 Å². The second-order valence-electron chi connectivity index (χ2n) is 4.15. The minimum absolute atomic E-state index is 0.0658. The number of ether oxygens (including phenoxy) is 1. The zero-order valence-electron chi connectivity index (χ0n) is 10.5. The normalized spacial score (nSPS) is 10.8. The van der Waals surface area contributed by atoms with Gasteiger partial charge >= 0.3 is 6.36 Å². The summed E-state index contributed by atoms with van der Waals surface area (Å²) in [6.45, 7) is 0. The summed E-state index contributed by atoms with van der Waals surface area (Å²) in [6, 6.07) is 11.8. The van der Waals surface area contributed by atoms with Gasteiger partial charge in [0.25, 0.3) is 0 Å². The van der Waals surface area contributed by atoms with Crippen LogP contribution in [0.2, 0.25) is 0 Å². The molecular formula is C15H8F3NO2. The molecule has 0 spiro atoms. The van der Waals surface area contributed by atoms with Crippen LogP contribution >= 0.6 is 0 Å². The molecule has 0 saturated heterocycles. The van der Waals surface area contributed by atoms with Crippen molar-refractivity contribution >= 4 is 6.29 Å². The third kappa shape index (κ3) is 3.83. The molecule has 0 unspecified atom stereocenters. The van der Waals surface area contributed by atoms with Crippen molar-refractivity contribution in [2.45, 2.75) is 6.36 Å². The molecule has 6 heteroatoms. The summed E-state index contributed by atoms with van der Waals surface area (Å²) in [5.74, 6) is -0.466. The lowest BCUT2D eigenvalue weighted by Gasteiger charge is -2.11. The highest BCUT2D eigenvalue weighted by molar-refractivity contribution is 5.80. The molecule has 106 valence electrons. The Bertz CT molecular complexity index is 700. The van der Waals surface area contributed by atoms with Crippen molar-refractivity contribution in [1.82, 2.24) is 0 Å². The highest BCUT2D eigenvalue weighted by Crippen LogP contribution is 2.29. The van der Waals surface area contributed by atoms with Gasteiger partial charge < -0.3 is 4.74 Å². The zero-order chi connectivity index (χ0) is 15.5. The van der Waals surface area contributed by atoms with Crippen LogP contribution < -0.4 is 4.74 Å². The van der Waals surface area contributed by atoms with E-state index in [2.05, 4.69) is 4.74 Å². The lowest BCUT2D eigenvalue weighted by Crippen LogP contribution is -2.17. The minimum Gasteiger partial charge on any atom is -0.406 e. The van der Waals surface area contributed by atoms with Crippen molar-refractivity contribution in [2.75, 3.05) is 0 Å². The second-order valence-corrected chi connectivity index (χ2v) is 4.15. The van der Waals surface area contributed by atoms with Crippen molar-refractivity contribution in [3.63, 3.8) is 0 Å². The summed E-state index contributed by atoms with van der Waals surface area (Å²) < 4.78 is 40.6. The number of nitrogens with zero attached hydrogens (tertiary/aromatic N) is 1. The summed E-state index contributed by atoms with van der Waals surface area (Å²) in [6.07, 6.45) is -4.39. The predicted octanol–water partition coefficient (Wildman–Crippen LogP) is 3.94. The number of hydrogen-bond donors (Lipinski definition) is 0. The first-order valence-electron chi connectivity index (χ1n) is 5.78. The smallest absolute Gasteiger partial charge is 0.406 e. The van der Waals surface area contributed by atoms with Crippen LogP contribution in [0.15, 0.2) is 42.5 Å². The van der Waals surface area contributed by atoms with E-state index < -0.39 is 12.1 Å². The summed E-state index contributed by atoms with van der Waals surface area (Å²) in [4.78, 5) is 10.8. The van der Waals surface area contributed by atoms with Crippen molar-refractivity contribution in [1.29, 1.82) is 5.26 Å². The number of hydrogen-bond acceptors (Lipinski definition) is 3. The summed E-state index contributed by atoms with van der Waals surface area (Å²) in [5.41, 5.74) is 1.46. The van der Waals surface area contributed by atoms with E-state index in [-0.39, 0.29) is 5.56 Å². The molecule has 2 aromatic carbocycles. The Kier molecular flexibility index (Phi) is 3.94. The minimum atomic E-state index is -4.83. The van der Waals surface area contributed by atoms with Crippen molar-refractivity contribution in [3.05, 3.63) is 53.6 Å². The van der Waals surface area contributed by atoms with Gasteiger partial charge in [0.05, 0.1) is 11.6 Å². The van der Waals surface area contributed by atoms with Crippen LogP contribution in [0.25, 0.3) is 11.1 Å². The van der Waals surface area contributed by atoms with Gasteiger partial charge in [-0.25, -0.2) is 0 Å². The third-order valence-electron chi connectivity index (χ3n) is 2.65. The number of alkyl halides is 3. The number of halogens is 3. The Morgan fingerprint density at radius 2 is 1.71 bits per heavy atom. The molecule has 0 radical (unpaired) electrons. The zero-order valence-corrected chi connectivity index (χ0v) is 10.5. The molecule has 3 nitrogen and oxygen atoms in total. The Morgan fingerprint density at radius 1 is 1.05 bits per heavy atom. The van der Waals surface area contributed by atoms with Crippen LogP contribution in [-0.2, 0) is 0 Å². The fourth-order valence-electron chi connectivity index (χ4n) is 1.79. The molecule has 0 heterocycles. The highest BCUT2D eigenvalue weighted by Gasteiger charge is 2.31. The molecule has 0 N–H and O–H groups in total. The first-order chi connectivity index (χ1) is 9.91. The molecule has 2 aromatic rings. The van der Waals surface area contributed by atoms with Gasteiger partial charge in [-0.2, -0.15) is 5.26 Å². The topological polar surface area (TPSA) is 50.1 Å². The van der Waals surface area contributed by atoms with Gasteiger partial charge in [-0.1, -0.05) is 12.1 Å². The molecule has 21 heavy (non-hydrogen) atoms. The molecule has 0 amide bonds. The number of rotatable bonds is 3. The Hall–Kier alpha value is -2.81. The molecule has 0 aliphatic carbocycles. The largest absolute Gasteiger partial charge is 0.573 e. The van der Waals surface area contributed by atoms with Gasteiger partial charge in [0.2, 0.25) is 0 Å². The maximum atomic E-state index is 12.3. The maximum Gasteiger partial charge on any atom is 0.573 e. The molecule has 2 rings (SSSR count). The van der Waals surface area contributed by atoms with Gasteiger partial charge in [-0.3, -0.25) is 4.79 Å². The predicted molar refractivity (Wildman–Crippen MR) is 68.7 cm³/mol. The highest BCUT2D eigenvalue weighted by atomic mass is 19.4. The summed E-state index contributed by atoms with van der Waals surface area (Å²) in [7, 11) is 0. The molecule has 0 aliphatic heterocycles. The van der Waals surface area contributed by atoms with Crippen LogP contribution in [0.3, 0.4) is 0 Å². The van der Waals surface area contributed by atoms with Crippen LogP contribution in [-0.4, -0.2) is 12.6 Å². The molecular weight excluding hydrogens is 283 g/mol. The average Bonchev–Trinajstić information content (AvgIpc) is 2.45. The monoisotopic (exact) mass is 291 g/mol. The van der Waals surface area contributed by atoms with Gasteiger partial charge in [0, 0.05) is 5.56 Å². The fraction of sp³-hybridized carbons (Fsp3) is 0.0667. The van der Waals surface area contributed by atoms with Crippen LogP contribution in [0.5, 0.6) is 5.75 Å². The number of carbonyl (C=O) groups is 1. The lowest BCUT2D eigenvalue weighted by atomic mass is 10.0. The number of nitriles is 1. The second kappa shape index (κ2) is 5.67. The third-order valence-corrected chi connectivity index (χ3v) is 2.65. The van der Waals surface area contributed by atoms with E-state index in [0.29, 0.717) is 23.0 Å². The Morgan fingerprint density at radius 3 is 2.24 bits per heavy atom. The average molecular weight is 291 g/mol. The Labute approximate surface area is 118 Å². The number of carbonyl (C=O) groups excluding carboxylic acids is 1. The molecule has 0 atom stereocenters. The quantitative estimate of drug-likeness (QED) is 0.805. The SMILES string of the molecule is N#Cc1ccc(-c2cc(C=O)cc(OC(F)(F)F)c2)cc1. The first-order valence-corrected chi connectivity index (χ1v) is 5.78. The molecule has 0 aliphatic rings. The summed E-state index contributed by atoms with van der Waals surface area (Å²) >= 11 is 0. The Balaban J connectivity index is 2.44. The van der Waals surface area contributed by atoms with Gasteiger partial charge in [-0.05, 0) is 41.5 Å². The van der Waals surface area contributed by atoms with Gasteiger partial charge in [0.15, 0.2) is 0 Å². The molecule has 0 saturated carbocycles. The van der Waals surface area contributed by atoms with Gasteiger partial charge in [-0.15, -0.1) is 13.2 Å². The van der Waals surface area contributed by atoms with Crippen LogP contribution in [0, 0.1) is 11.3 Å². The number of aldehydes is 1. The van der Waals surface area contributed by atoms with Gasteiger partial charge in [0.1, 0.15) is 12.0 Å². The van der Waals surface area contributed by atoms with E-state index in [1.54, 1.807) is 12.1 Å². The fourth-order valence-corrected chi connectivity index (χ4v) is 1.79. The first kappa shape index (κ1) is 14.6. The van der Waals surface area contributed by atoms with E-state index in [9.17, 15) is 18.0 Å². The van der Waals surface area contributed by atoms with E-state index >= 15 is 0 Å². The van der Waals surface area contributed by atoms with Crippen LogP contribution in [0.4, 0.5) is 13.2 Å². The van der Waals surface area contributed by atoms with Crippen LogP contribution in [0.1, 0.15) is 15.9 Å². The number of benzene rings is 2. The van der Waals surface area contributed by atoms with Crippen molar-refractivity contribution in [2.24, 2.45) is 0 Å². The van der Waals surface area contributed by atoms with E-state index in [1.807, 2.05) is 6.07 Å². The molecule has 0 aromatic heterocycles. The lowest BCUT2D eigenvalue weighted by molar-refractivity contribution is -0.274. The van der Waals surface area contributed by atoms with E-state index in [0.717, 1.165) is 6.07 Å². The standard InChI is InChI=1S/C15H8F3NO2/c16-15(17,18)21-14-6-11(9-20)5-13(7-14)12-3-1-10(8-19)2-4-12/h1-7,9H. The van der Waals surface area contributed by atoms with Crippen molar-refractivity contribution in [3.8, 4) is 22.9 Å². The summed E-state index contributed by atoms with van der Waals surface area (Å²) in [5, 5.41) is 8.71. The van der Waals surface area contributed by atoms with E-state index in [1.165, 1.54) is 24.3 Å². The molecule has 0 fully saturated rings.